The summed E-state index contributed by atoms with van der Waals surface area (Å²) in [4.78, 5) is 24.3. The number of halogens is 1. The number of rotatable bonds is 8. The Morgan fingerprint density at radius 2 is 1.89 bits per heavy atom. The van der Waals surface area contributed by atoms with Gasteiger partial charge in [-0.2, -0.15) is 10.4 Å². The molecule has 1 N–H and O–H groups in total. The molecule has 0 fully saturated rings. The second kappa shape index (κ2) is 12.4. The molecular weight excluding hydrogens is 606 g/mol. The van der Waals surface area contributed by atoms with Crippen LogP contribution in [0.4, 0.5) is 22.2 Å². The summed E-state index contributed by atoms with van der Waals surface area (Å²) in [7, 11) is -2.13. The van der Waals surface area contributed by atoms with Crippen molar-refractivity contribution in [2.75, 3.05) is 23.4 Å². The zero-order valence-corrected chi connectivity index (χ0v) is 30.1. The molecular formula is C33H46ClN7O3Si. The minimum atomic E-state index is -2.13. The van der Waals surface area contributed by atoms with Gasteiger partial charge in [-0.3, -0.25) is 4.90 Å². The van der Waals surface area contributed by atoms with Gasteiger partial charge in [0.1, 0.15) is 17.5 Å². The number of hydrogen-bond acceptors (Lipinski definition) is 8. The molecule has 3 aromatic rings. The minimum Gasteiger partial charge on any atom is -0.443 e. The maximum atomic E-state index is 13.5. The fourth-order valence-corrected chi connectivity index (χ4v) is 6.26. The van der Waals surface area contributed by atoms with Crippen molar-refractivity contribution in [2.24, 2.45) is 5.92 Å². The van der Waals surface area contributed by atoms with Crippen LogP contribution in [0.15, 0.2) is 30.5 Å². The number of aromatic nitrogens is 4. The first-order valence-electron chi connectivity index (χ1n) is 15.3. The van der Waals surface area contributed by atoms with Crippen LogP contribution in [0.25, 0.3) is 11.3 Å². The Morgan fingerprint density at radius 3 is 2.49 bits per heavy atom. The first-order valence-corrected chi connectivity index (χ1v) is 18.6. The lowest BCUT2D eigenvalue weighted by molar-refractivity contribution is 0.0575. The van der Waals surface area contributed by atoms with E-state index in [-0.39, 0.29) is 5.04 Å². The summed E-state index contributed by atoms with van der Waals surface area (Å²) in [6, 6.07) is 9.66. The summed E-state index contributed by atoms with van der Waals surface area (Å²) in [6.07, 6.45) is 1.18. The molecule has 0 spiro atoms. The first-order chi connectivity index (χ1) is 20.7. The predicted molar refractivity (Wildman–Crippen MR) is 182 cm³/mol. The van der Waals surface area contributed by atoms with Gasteiger partial charge >= 0.3 is 6.09 Å². The standard InChI is InChI=1S/C33H46ClN7O3Si/c1-21(2)18-41-27(16-26(34)39-41)38-29-36-13-12-25(37-29)22-14-23(17-35)28-24(15-22)33(9,20-43-45(10,11)32(6,7)8)19-40(28)30(42)44-31(3,4)5/h12-16,21H,18-20H2,1-11H3,(H,36,37,38)/t33-/m1/s1. The lowest BCUT2D eigenvalue weighted by Gasteiger charge is -2.39. The van der Waals surface area contributed by atoms with Crippen LogP contribution < -0.4 is 10.2 Å². The Kier molecular flexibility index (Phi) is 9.47. The van der Waals surface area contributed by atoms with Crippen molar-refractivity contribution in [3.8, 4) is 17.3 Å². The molecule has 0 bridgehead atoms. The van der Waals surface area contributed by atoms with E-state index < -0.39 is 25.4 Å². The molecule has 2 aromatic heterocycles. The van der Waals surface area contributed by atoms with Crippen LogP contribution in [0.2, 0.25) is 23.3 Å². The topological polar surface area (TPSA) is 118 Å². The van der Waals surface area contributed by atoms with E-state index in [9.17, 15) is 10.1 Å². The van der Waals surface area contributed by atoms with E-state index in [4.69, 9.17) is 25.7 Å². The second-order valence-corrected chi connectivity index (χ2v) is 20.2. The minimum absolute atomic E-state index is 0.00838. The van der Waals surface area contributed by atoms with Gasteiger partial charge in [-0.1, -0.05) is 53.1 Å². The third kappa shape index (κ3) is 7.68. The van der Waals surface area contributed by atoms with Gasteiger partial charge in [0, 0.05) is 42.9 Å². The molecule has 3 heterocycles. The highest BCUT2D eigenvalue weighted by atomic mass is 35.5. The van der Waals surface area contributed by atoms with E-state index in [1.807, 2.05) is 26.8 Å². The van der Waals surface area contributed by atoms with Crippen LogP contribution in [-0.4, -0.2) is 52.9 Å². The maximum absolute atomic E-state index is 13.5. The van der Waals surface area contributed by atoms with Crippen LogP contribution in [0, 0.1) is 17.2 Å². The van der Waals surface area contributed by atoms with E-state index in [0.29, 0.717) is 59.5 Å². The molecule has 1 aliphatic rings. The Morgan fingerprint density at radius 1 is 1.20 bits per heavy atom. The summed E-state index contributed by atoms with van der Waals surface area (Å²) in [5.74, 6) is 1.41. The number of ether oxygens (including phenoxy) is 1. The third-order valence-electron chi connectivity index (χ3n) is 8.31. The summed E-state index contributed by atoms with van der Waals surface area (Å²) in [5.41, 5.74) is 1.81. The van der Waals surface area contributed by atoms with Gasteiger partial charge in [-0.05, 0) is 68.6 Å². The molecule has 0 saturated heterocycles. The Hall–Kier alpha value is -3.46. The molecule has 0 radical (unpaired) electrons. The van der Waals surface area contributed by atoms with Gasteiger partial charge in [0.2, 0.25) is 5.95 Å². The highest BCUT2D eigenvalue weighted by Gasteiger charge is 2.47. The van der Waals surface area contributed by atoms with Crippen molar-refractivity contribution >= 4 is 43.5 Å². The zero-order chi connectivity index (χ0) is 33.5. The number of nitriles is 1. The third-order valence-corrected chi connectivity index (χ3v) is 13.0. The molecule has 1 amide bonds. The molecule has 1 aliphatic heterocycles. The SMILES string of the molecule is CC(C)Cn1nc(Cl)cc1Nc1nccc(-c2cc(C#N)c3c(c2)[C@@](C)(CO[Si](C)(C)C(C)(C)C)CN3C(=O)OC(C)(C)C)n1. The quantitative estimate of drug-likeness (QED) is 0.242. The number of benzene rings is 1. The van der Waals surface area contributed by atoms with Crippen molar-refractivity contribution < 1.29 is 14.0 Å². The molecule has 0 saturated carbocycles. The fourth-order valence-electron chi connectivity index (χ4n) is 4.95. The second-order valence-electron chi connectivity index (χ2n) is 15.0. The molecule has 242 valence electrons. The number of nitrogens with zero attached hydrogens (tertiary/aromatic N) is 6. The Labute approximate surface area is 273 Å². The van der Waals surface area contributed by atoms with Crippen molar-refractivity contribution in [3.05, 3.63) is 46.7 Å². The van der Waals surface area contributed by atoms with Gasteiger partial charge in [0.15, 0.2) is 13.5 Å². The fraction of sp³-hybridized carbons (Fsp3) is 0.545. The van der Waals surface area contributed by atoms with Gasteiger partial charge in [0.05, 0.1) is 16.9 Å². The van der Waals surface area contributed by atoms with Crippen molar-refractivity contribution in [1.29, 1.82) is 5.26 Å². The smallest absolute Gasteiger partial charge is 0.414 e. The molecule has 0 aliphatic carbocycles. The van der Waals surface area contributed by atoms with E-state index in [2.05, 4.69) is 76.1 Å². The van der Waals surface area contributed by atoms with Crippen LogP contribution in [-0.2, 0) is 21.1 Å². The average molecular weight is 652 g/mol. The molecule has 4 rings (SSSR count). The molecule has 1 atom stereocenters. The van der Waals surface area contributed by atoms with Crippen LogP contribution >= 0.6 is 11.6 Å². The molecule has 1 aromatic carbocycles. The highest BCUT2D eigenvalue weighted by molar-refractivity contribution is 6.74. The summed E-state index contributed by atoms with van der Waals surface area (Å²) in [5, 5.41) is 18.4. The number of hydrogen-bond donors (Lipinski definition) is 1. The normalized spacial score (nSPS) is 16.9. The number of carbonyl (C=O) groups excluding carboxylic acids is 1. The molecule has 10 nitrogen and oxygen atoms in total. The largest absolute Gasteiger partial charge is 0.443 e. The summed E-state index contributed by atoms with van der Waals surface area (Å²) >= 11 is 6.22. The first kappa shape index (κ1) is 34.4. The summed E-state index contributed by atoms with van der Waals surface area (Å²) < 4.78 is 14.3. The van der Waals surface area contributed by atoms with Crippen LogP contribution in [0.5, 0.6) is 0 Å². The van der Waals surface area contributed by atoms with E-state index in [0.717, 1.165) is 11.1 Å². The Balaban J connectivity index is 1.78. The number of carbonyl (C=O) groups is 1. The number of nitrogens with one attached hydrogen (secondary N) is 1. The van der Waals surface area contributed by atoms with E-state index >= 15 is 0 Å². The van der Waals surface area contributed by atoms with Crippen molar-refractivity contribution in [2.45, 2.75) is 98.0 Å². The van der Waals surface area contributed by atoms with Gasteiger partial charge in [0.25, 0.3) is 0 Å². The number of anilines is 3. The summed E-state index contributed by atoms with van der Waals surface area (Å²) in [6.45, 7) is 24.2. The maximum Gasteiger partial charge on any atom is 0.414 e. The lowest BCUT2D eigenvalue weighted by atomic mass is 9.83. The van der Waals surface area contributed by atoms with Gasteiger partial charge in [-0.15, -0.1) is 0 Å². The van der Waals surface area contributed by atoms with E-state index in [1.165, 1.54) is 0 Å². The number of fused-ring (bicyclic) bond motifs is 1. The van der Waals surface area contributed by atoms with Gasteiger partial charge < -0.3 is 14.5 Å². The Bertz CT molecular complexity index is 1620. The average Bonchev–Trinajstić information content (AvgIpc) is 3.41. The highest BCUT2D eigenvalue weighted by Crippen LogP contribution is 2.47. The number of amides is 1. The van der Waals surface area contributed by atoms with Crippen LogP contribution in [0.3, 0.4) is 0 Å². The lowest BCUT2D eigenvalue weighted by Crippen LogP contribution is -2.46. The van der Waals surface area contributed by atoms with Crippen molar-refractivity contribution in [1.82, 2.24) is 19.7 Å². The zero-order valence-electron chi connectivity index (χ0n) is 28.4. The monoisotopic (exact) mass is 651 g/mol. The van der Waals surface area contributed by atoms with Crippen molar-refractivity contribution in [3.63, 3.8) is 0 Å². The molecule has 45 heavy (non-hydrogen) atoms. The predicted octanol–water partition coefficient (Wildman–Crippen LogP) is 8.30. The molecule has 0 unspecified atom stereocenters. The van der Waals surface area contributed by atoms with Gasteiger partial charge in [-0.25, -0.2) is 19.4 Å². The molecule has 12 heteroatoms. The van der Waals surface area contributed by atoms with E-state index in [1.54, 1.807) is 34.0 Å². The van der Waals surface area contributed by atoms with Crippen LogP contribution in [0.1, 0.15) is 73.4 Å².